The molecule has 0 bridgehead atoms. The maximum atomic E-state index is 13.7. The van der Waals surface area contributed by atoms with Crippen LogP contribution in [0.2, 0.25) is 0 Å². The Morgan fingerprint density at radius 3 is 2.53 bits per heavy atom. The van der Waals surface area contributed by atoms with Crippen molar-refractivity contribution in [2.75, 3.05) is 0 Å². The van der Waals surface area contributed by atoms with Crippen LogP contribution in [0.25, 0.3) is 6.08 Å². The van der Waals surface area contributed by atoms with Gasteiger partial charge in [0, 0.05) is 11.0 Å². The van der Waals surface area contributed by atoms with Gasteiger partial charge in [0.1, 0.15) is 5.76 Å². The van der Waals surface area contributed by atoms with Crippen LogP contribution in [-0.2, 0) is 4.79 Å². The van der Waals surface area contributed by atoms with Gasteiger partial charge in [-0.15, -0.1) is 0 Å². The predicted molar refractivity (Wildman–Crippen MR) is 149 cm³/mol. The topological polar surface area (TPSA) is 30.2 Å². The number of ketones is 1. The van der Waals surface area contributed by atoms with E-state index in [1.165, 1.54) is 56.9 Å². The molecule has 0 unspecified atom stereocenters. The molecule has 36 heavy (non-hydrogen) atoms. The molecule has 0 N–H and O–H groups in total. The lowest BCUT2D eigenvalue weighted by Crippen LogP contribution is -2.54. The number of allylic oxidation sites excluding steroid dienone is 3. The van der Waals surface area contributed by atoms with Crippen molar-refractivity contribution < 1.29 is 9.21 Å². The van der Waals surface area contributed by atoms with E-state index in [0.29, 0.717) is 11.3 Å². The van der Waals surface area contributed by atoms with E-state index in [2.05, 4.69) is 54.5 Å². The Morgan fingerprint density at radius 1 is 1.06 bits per heavy atom. The average Bonchev–Trinajstić information content (AvgIpc) is 3.44. The quantitative estimate of drug-likeness (QED) is 0.293. The van der Waals surface area contributed by atoms with Gasteiger partial charge in [-0.1, -0.05) is 65.5 Å². The largest absolute Gasteiger partial charge is 0.465 e. The molecule has 1 aromatic rings. The van der Waals surface area contributed by atoms with Crippen molar-refractivity contribution in [3.63, 3.8) is 0 Å². The Bertz CT molecular complexity index is 1020. The minimum Gasteiger partial charge on any atom is -0.465 e. The van der Waals surface area contributed by atoms with Crippen LogP contribution in [0.5, 0.6) is 0 Å². The third-order valence-corrected chi connectivity index (χ3v) is 11.6. The van der Waals surface area contributed by atoms with Crippen molar-refractivity contribution in [1.29, 1.82) is 0 Å². The normalized spacial score (nSPS) is 39.5. The fraction of sp³-hybridized carbons (Fsp3) is 0.735. The number of fused-ring (bicyclic) bond motifs is 5. The average molecular weight is 491 g/mol. The van der Waals surface area contributed by atoms with Gasteiger partial charge < -0.3 is 4.42 Å². The summed E-state index contributed by atoms with van der Waals surface area (Å²) in [5, 5.41) is 0. The van der Waals surface area contributed by atoms with Gasteiger partial charge >= 0.3 is 0 Å². The van der Waals surface area contributed by atoms with Crippen LogP contribution in [-0.4, -0.2) is 5.78 Å². The highest BCUT2D eigenvalue weighted by Gasteiger charge is 2.61. The standard InChI is InChI=1S/C34H50O2/c1-22(2)10-8-11-23(3)27-14-15-28-26-13-16-30-32(4,5)31(35)24(20-25-12-9-19-36-25)21-34(30,7)29(26)17-18-33(27,28)6/h9,12,16,19-20,22-23,26-29H,8,10-11,13-15,17-18,21H2,1-7H3/b24-20-/t23-,26-,27+,28-,29-,33-,34-/m1/s1. The molecule has 7 atom stereocenters. The van der Waals surface area contributed by atoms with Crippen molar-refractivity contribution in [2.24, 2.45) is 51.8 Å². The lowest BCUT2D eigenvalue weighted by molar-refractivity contribution is -0.126. The first-order valence-corrected chi connectivity index (χ1v) is 15.0. The third kappa shape index (κ3) is 4.10. The zero-order chi connectivity index (χ0) is 25.9. The van der Waals surface area contributed by atoms with E-state index in [0.717, 1.165) is 47.3 Å². The van der Waals surface area contributed by atoms with Crippen molar-refractivity contribution in [3.05, 3.63) is 41.4 Å². The van der Waals surface area contributed by atoms with Crippen LogP contribution in [0, 0.1) is 51.8 Å². The number of carbonyl (C=O) groups is 1. The van der Waals surface area contributed by atoms with E-state index < -0.39 is 5.41 Å². The second-order valence-electron chi connectivity index (χ2n) is 14.5. The molecular formula is C34H50O2. The zero-order valence-electron chi connectivity index (χ0n) is 24.0. The van der Waals surface area contributed by atoms with Gasteiger partial charge in [0.2, 0.25) is 0 Å². The molecule has 0 saturated heterocycles. The number of rotatable bonds is 6. The van der Waals surface area contributed by atoms with Crippen LogP contribution < -0.4 is 0 Å². The van der Waals surface area contributed by atoms with E-state index in [9.17, 15) is 4.79 Å². The highest BCUT2D eigenvalue weighted by atomic mass is 16.3. The van der Waals surface area contributed by atoms with E-state index in [1.807, 2.05) is 18.2 Å². The highest BCUT2D eigenvalue weighted by Crippen LogP contribution is 2.69. The lowest BCUT2D eigenvalue weighted by Gasteiger charge is -2.60. The Balaban J connectivity index is 1.42. The molecule has 3 saturated carbocycles. The van der Waals surface area contributed by atoms with Crippen molar-refractivity contribution in [1.82, 2.24) is 0 Å². The van der Waals surface area contributed by atoms with Crippen molar-refractivity contribution >= 4 is 11.9 Å². The van der Waals surface area contributed by atoms with Crippen LogP contribution >= 0.6 is 0 Å². The lowest BCUT2D eigenvalue weighted by atomic mass is 9.44. The first kappa shape index (κ1) is 26.1. The number of hydrogen-bond donors (Lipinski definition) is 0. The Kier molecular flexibility index (Phi) is 6.74. The van der Waals surface area contributed by atoms with Gasteiger partial charge in [-0.2, -0.15) is 0 Å². The summed E-state index contributed by atoms with van der Waals surface area (Å²) in [6.45, 7) is 16.8. The summed E-state index contributed by atoms with van der Waals surface area (Å²) in [6, 6.07) is 3.88. The molecule has 0 radical (unpaired) electrons. The molecule has 4 aliphatic carbocycles. The molecule has 198 valence electrons. The first-order valence-electron chi connectivity index (χ1n) is 15.0. The van der Waals surface area contributed by atoms with Crippen LogP contribution in [0.1, 0.15) is 112 Å². The number of carbonyl (C=O) groups excluding carboxylic acids is 1. The number of furan rings is 1. The summed E-state index contributed by atoms with van der Waals surface area (Å²) in [5.74, 6) is 5.92. The fourth-order valence-corrected chi connectivity index (χ4v) is 9.98. The smallest absolute Gasteiger partial charge is 0.168 e. The summed E-state index contributed by atoms with van der Waals surface area (Å²) >= 11 is 0. The summed E-state index contributed by atoms with van der Waals surface area (Å²) in [5.41, 5.74) is 2.53. The van der Waals surface area contributed by atoms with Crippen molar-refractivity contribution in [2.45, 2.75) is 106 Å². The molecular weight excluding hydrogens is 440 g/mol. The Morgan fingerprint density at radius 2 is 1.83 bits per heavy atom. The van der Waals surface area contributed by atoms with E-state index in [4.69, 9.17) is 4.42 Å². The molecule has 2 nitrogen and oxygen atoms in total. The minimum atomic E-state index is -0.430. The van der Waals surface area contributed by atoms with Gasteiger partial charge in [0.25, 0.3) is 0 Å². The molecule has 0 aliphatic heterocycles. The Labute approximate surface area is 220 Å². The fourth-order valence-electron chi connectivity index (χ4n) is 9.98. The maximum absolute atomic E-state index is 13.7. The highest BCUT2D eigenvalue weighted by molar-refractivity contribution is 6.06. The minimum absolute atomic E-state index is 0.0705. The number of Topliss-reactive ketones (excluding diaryl/α,β-unsaturated/α-hetero) is 1. The predicted octanol–water partition coefficient (Wildman–Crippen LogP) is 9.52. The maximum Gasteiger partial charge on any atom is 0.168 e. The second kappa shape index (κ2) is 9.32. The van der Waals surface area contributed by atoms with Gasteiger partial charge in [-0.3, -0.25) is 4.79 Å². The van der Waals surface area contributed by atoms with E-state index in [1.54, 1.807) is 6.26 Å². The molecule has 0 amide bonds. The molecule has 0 aromatic carbocycles. The van der Waals surface area contributed by atoms with E-state index >= 15 is 0 Å². The SMILES string of the molecule is CC(C)CCC[C@@H](C)[C@@H]1CC[C@@H]2[C@H]3CC=C4C(C)(C)C(=O)/C(=C\c5ccco5)C[C@]4(C)[C@@H]3CC[C@@]21C. The molecule has 1 aromatic heterocycles. The first-order chi connectivity index (χ1) is 17.0. The second-order valence-corrected chi connectivity index (χ2v) is 14.5. The number of hydrogen-bond acceptors (Lipinski definition) is 2. The monoisotopic (exact) mass is 490 g/mol. The van der Waals surface area contributed by atoms with Gasteiger partial charge in [0.15, 0.2) is 5.78 Å². The van der Waals surface area contributed by atoms with Crippen molar-refractivity contribution in [3.8, 4) is 0 Å². The summed E-state index contributed by atoms with van der Waals surface area (Å²) < 4.78 is 5.63. The summed E-state index contributed by atoms with van der Waals surface area (Å²) in [4.78, 5) is 13.7. The zero-order valence-corrected chi connectivity index (χ0v) is 24.0. The van der Waals surface area contributed by atoms with Crippen LogP contribution in [0.15, 0.2) is 40.0 Å². The van der Waals surface area contributed by atoms with Crippen LogP contribution in [0.3, 0.4) is 0 Å². The molecule has 5 rings (SSSR count). The molecule has 2 heteroatoms. The van der Waals surface area contributed by atoms with Crippen LogP contribution in [0.4, 0.5) is 0 Å². The molecule has 3 fully saturated rings. The molecule has 4 aliphatic rings. The molecule has 0 spiro atoms. The summed E-state index contributed by atoms with van der Waals surface area (Å²) in [7, 11) is 0. The van der Waals surface area contributed by atoms with Gasteiger partial charge in [-0.25, -0.2) is 0 Å². The third-order valence-electron chi connectivity index (χ3n) is 11.6. The van der Waals surface area contributed by atoms with Gasteiger partial charge in [-0.05, 0) is 117 Å². The summed E-state index contributed by atoms with van der Waals surface area (Å²) in [6.07, 6.45) is 18.0. The van der Waals surface area contributed by atoms with Gasteiger partial charge in [0.05, 0.1) is 6.26 Å². The van der Waals surface area contributed by atoms with E-state index in [-0.39, 0.29) is 11.2 Å². The molecule has 1 heterocycles. The Hall–Kier alpha value is -1.57.